The van der Waals surface area contributed by atoms with Crippen LogP contribution in [0.1, 0.15) is 28.8 Å². The Hall–Kier alpha value is -2.05. The van der Waals surface area contributed by atoms with Crippen LogP contribution in [0, 0.1) is 0 Å². The highest BCUT2D eigenvalue weighted by Crippen LogP contribution is 2.37. The van der Waals surface area contributed by atoms with Crippen molar-refractivity contribution in [3.05, 3.63) is 35.4 Å². The van der Waals surface area contributed by atoms with Crippen LogP contribution in [0.4, 0.5) is 0 Å². The van der Waals surface area contributed by atoms with Gasteiger partial charge in [0.15, 0.2) is 5.72 Å². The van der Waals surface area contributed by atoms with Crippen molar-refractivity contribution in [3.8, 4) is 5.75 Å². The quantitative estimate of drug-likeness (QED) is 0.649. The molecule has 1 aromatic carbocycles. The molecule has 0 aliphatic carbocycles. The maximum absolute atomic E-state index is 12.7. The minimum absolute atomic E-state index is 0. The van der Waals surface area contributed by atoms with Gasteiger partial charge in [0.05, 0.1) is 12.7 Å². The summed E-state index contributed by atoms with van der Waals surface area (Å²) in [4.78, 5) is 25.6. The molecule has 0 unspecified atom stereocenters. The summed E-state index contributed by atoms with van der Waals surface area (Å²) in [5.74, 6) is 0.114. The highest BCUT2D eigenvalue weighted by Gasteiger charge is 2.45. The number of piperidine rings is 1. The van der Waals surface area contributed by atoms with E-state index in [2.05, 4.69) is 10.1 Å². The summed E-state index contributed by atoms with van der Waals surface area (Å²) in [6, 6.07) is 5.36. The van der Waals surface area contributed by atoms with Gasteiger partial charge >= 0.3 is 5.97 Å². The van der Waals surface area contributed by atoms with Crippen LogP contribution in [0.25, 0.3) is 6.08 Å². The molecule has 1 fully saturated rings. The van der Waals surface area contributed by atoms with E-state index in [1.165, 1.54) is 13.2 Å². The third kappa shape index (κ3) is 3.25. The SMILES string of the molecule is COC(=O)/C=C/c1ccc2c(c1)C(=O)N(C)C1(CCNCC1)O2.Cl. The van der Waals surface area contributed by atoms with Crippen molar-refractivity contribution >= 4 is 30.4 Å². The van der Waals surface area contributed by atoms with E-state index in [1.807, 2.05) is 6.07 Å². The fraction of sp³-hybridized carbons (Fsp3) is 0.412. The lowest BCUT2D eigenvalue weighted by Crippen LogP contribution is -2.61. The minimum Gasteiger partial charge on any atom is -0.467 e. The topological polar surface area (TPSA) is 67.9 Å². The summed E-state index contributed by atoms with van der Waals surface area (Å²) < 4.78 is 10.8. The number of methoxy groups -OCH3 is 1. The Bertz CT molecular complexity index is 669. The van der Waals surface area contributed by atoms with Crippen LogP contribution in [0.15, 0.2) is 24.3 Å². The maximum atomic E-state index is 12.7. The van der Waals surface area contributed by atoms with Gasteiger partial charge in [0.1, 0.15) is 5.75 Å². The van der Waals surface area contributed by atoms with Gasteiger partial charge in [0.25, 0.3) is 5.91 Å². The number of esters is 1. The Morgan fingerprint density at radius 1 is 1.38 bits per heavy atom. The Balaban J connectivity index is 0.00000208. The molecule has 2 aliphatic heterocycles. The second kappa shape index (κ2) is 7.23. The Morgan fingerprint density at radius 3 is 2.75 bits per heavy atom. The number of rotatable bonds is 2. The molecule has 0 radical (unpaired) electrons. The predicted molar refractivity (Wildman–Crippen MR) is 92.3 cm³/mol. The molecular formula is C17H21ClN2O4. The fourth-order valence-electron chi connectivity index (χ4n) is 3.03. The van der Waals surface area contributed by atoms with Gasteiger partial charge in [-0.2, -0.15) is 0 Å². The van der Waals surface area contributed by atoms with Gasteiger partial charge in [-0.15, -0.1) is 12.4 Å². The molecule has 130 valence electrons. The van der Waals surface area contributed by atoms with Gasteiger partial charge in [0.2, 0.25) is 0 Å². The zero-order valence-corrected chi connectivity index (χ0v) is 14.5. The van der Waals surface area contributed by atoms with E-state index >= 15 is 0 Å². The van der Waals surface area contributed by atoms with E-state index in [0.717, 1.165) is 31.5 Å². The van der Waals surface area contributed by atoms with Crippen molar-refractivity contribution in [1.82, 2.24) is 10.2 Å². The summed E-state index contributed by atoms with van der Waals surface area (Å²) in [6.07, 6.45) is 4.47. The molecule has 0 saturated carbocycles. The number of carbonyl (C=O) groups excluding carboxylic acids is 2. The van der Waals surface area contributed by atoms with Gasteiger partial charge in [-0.05, 0) is 23.8 Å². The van der Waals surface area contributed by atoms with Crippen LogP contribution in [-0.4, -0.2) is 49.7 Å². The summed E-state index contributed by atoms with van der Waals surface area (Å²) in [6.45, 7) is 1.65. The maximum Gasteiger partial charge on any atom is 0.330 e. The van der Waals surface area contributed by atoms with Crippen molar-refractivity contribution < 1.29 is 19.1 Å². The molecule has 0 atom stereocenters. The van der Waals surface area contributed by atoms with Crippen molar-refractivity contribution in [2.45, 2.75) is 18.6 Å². The molecule has 0 aromatic heterocycles. The van der Waals surface area contributed by atoms with Crippen molar-refractivity contribution in [3.63, 3.8) is 0 Å². The Kier molecular flexibility index (Phi) is 5.51. The number of hydrogen-bond donors (Lipinski definition) is 1. The van der Waals surface area contributed by atoms with Crippen molar-refractivity contribution in [1.29, 1.82) is 0 Å². The van der Waals surface area contributed by atoms with Crippen LogP contribution >= 0.6 is 12.4 Å². The lowest BCUT2D eigenvalue weighted by atomic mass is 9.95. The predicted octanol–water partition coefficient (Wildman–Crippen LogP) is 1.84. The average Bonchev–Trinajstić information content (AvgIpc) is 2.59. The Morgan fingerprint density at radius 2 is 2.08 bits per heavy atom. The van der Waals surface area contributed by atoms with Crippen LogP contribution < -0.4 is 10.1 Å². The lowest BCUT2D eigenvalue weighted by Gasteiger charge is -2.47. The van der Waals surface area contributed by atoms with Gasteiger partial charge < -0.3 is 19.7 Å². The van der Waals surface area contributed by atoms with Crippen molar-refractivity contribution in [2.75, 3.05) is 27.2 Å². The smallest absolute Gasteiger partial charge is 0.330 e. The van der Waals surface area contributed by atoms with E-state index in [1.54, 1.807) is 30.2 Å². The Labute approximate surface area is 147 Å². The number of hydrogen-bond acceptors (Lipinski definition) is 5. The molecule has 2 heterocycles. The largest absolute Gasteiger partial charge is 0.467 e. The lowest BCUT2D eigenvalue weighted by molar-refractivity contribution is -0.134. The van der Waals surface area contributed by atoms with Crippen LogP contribution in [0.5, 0.6) is 5.75 Å². The first-order chi connectivity index (χ1) is 11.1. The van der Waals surface area contributed by atoms with E-state index in [4.69, 9.17) is 4.74 Å². The molecule has 6 nitrogen and oxygen atoms in total. The van der Waals surface area contributed by atoms with Crippen molar-refractivity contribution in [2.24, 2.45) is 0 Å². The molecule has 0 bridgehead atoms. The number of halogens is 1. The van der Waals surface area contributed by atoms with Crippen LogP contribution in [0.3, 0.4) is 0 Å². The van der Waals surface area contributed by atoms with E-state index in [0.29, 0.717) is 11.3 Å². The molecule has 1 amide bonds. The third-order valence-corrected chi connectivity index (χ3v) is 4.45. The van der Waals surface area contributed by atoms with E-state index in [-0.39, 0.29) is 18.3 Å². The second-order valence-corrected chi connectivity index (χ2v) is 5.77. The molecule has 1 N–H and O–H groups in total. The molecule has 24 heavy (non-hydrogen) atoms. The number of ether oxygens (including phenoxy) is 2. The summed E-state index contributed by atoms with van der Waals surface area (Å²) in [5, 5.41) is 3.29. The molecular weight excluding hydrogens is 332 g/mol. The first-order valence-electron chi connectivity index (χ1n) is 7.64. The van der Waals surface area contributed by atoms with Gasteiger partial charge in [-0.1, -0.05) is 6.07 Å². The number of benzene rings is 1. The average molecular weight is 353 g/mol. The molecule has 3 rings (SSSR count). The van der Waals surface area contributed by atoms with Gasteiger partial charge in [-0.25, -0.2) is 4.79 Å². The van der Waals surface area contributed by atoms with Crippen LogP contribution in [0.2, 0.25) is 0 Å². The molecule has 1 spiro atoms. The fourth-order valence-corrected chi connectivity index (χ4v) is 3.03. The number of amides is 1. The number of fused-ring (bicyclic) bond motifs is 1. The zero-order chi connectivity index (χ0) is 16.4. The first-order valence-corrected chi connectivity index (χ1v) is 7.64. The van der Waals surface area contributed by atoms with Gasteiger partial charge in [0, 0.05) is 39.1 Å². The summed E-state index contributed by atoms with van der Waals surface area (Å²) in [5.41, 5.74) is 0.711. The molecule has 7 heteroatoms. The molecule has 1 aromatic rings. The third-order valence-electron chi connectivity index (χ3n) is 4.45. The summed E-state index contributed by atoms with van der Waals surface area (Å²) >= 11 is 0. The van der Waals surface area contributed by atoms with E-state index < -0.39 is 11.7 Å². The monoisotopic (exact) mass is 352 g/mol. The van der Waals surface area contributed by atoms with Crippen LogP contribution in [-0.2, 0) is 9.53 Å². The van der Waals surface area contributed by atoms with E-state index in [9.17, 15) is 9.59 Å². The number of carbonyl (C=O) groups is 2. The molecule has 1 saturated heterocycles. The molecule has 2 aliphatic rings. The highest BCUT2D eigenvalue weighted by molar-refractivity contribution is 5.99. The summed E-state index contributed by atoms with van der Waals surface area (Å²) in [7, 11) is 3.11. The first kappa shape index (κ1) is 18.3. The standard InChI is InChI=1S/C17H20N2O4.ClH/c1-19-16(21)13-11-12(4-6-15(20)22-2)3-5-14(13)23-17(19)7-9-18-10-8-17;/h3-6,11,18H,7-10H2,1-2H3;1H/b6-4+;. The second-order valence-electron chi connectivity index (χ2n) is 5.77. The number of nitrogens with zero attached hydrogens (tertiary/aromatic N) is 1. The number of nitrogens with one attached hydrogen (secondary N) is 1. The zero-order valence-electron chi connectivity index (χ0n) is 13.7. The normalized spacial score (nSPS) is 18.8. The van der Waals surface area contributed by atoms with Gasteiger partial charge in [-0.3, -0.25) is 4.79 Å². The highest BCUT2D eigenvalue weighted by atomic mass is 35.5. The minimum atomic E-state index is -0.557.